The van der Waals surface area contributed by atoms with Crippen LogP contribution in [0.1, 0.15) is 48.0 Å². The molecule has 2 aromatic carbocycles. The summed E-state index contributed by atoms with van der Waals surface area (Å²) in [5, 5.41) is 2.87. The zero-order chi connectivity index (χ0) is 20.5. The van der Waals surface area contributed by atoms with E-state index in [9.17, 15) is 14.0 Å². The molecule has 0 fully saturated rings. The predicted octanol–water partition coefficient (Wildman–Crippen LogP) is 3.95. The number of fused-ring (bicyclic) bond motifs is 2. The van der Waals surface area contributed by atoms with Crippen LogP contribution >= 0.6 is 0 Å². The molecule has 29 heavy (non-hydrogen) atoms. The minimum absolute atomic E-state index is 0.0524. The van der Waals surface area contributed by atoms with Crippen molar-refractivity contribution >= 4 is 16.9 Å². The molecule has 0 spiro atoms. The van der Waals surface area contributed by atoms with Gasteiger partial charge in [-0.25, -0.2) is 4.39 Å². The van der Waals surface area contributed by atoms with Gasteiger partial charge in [0.2, 0.25) is 5.76 Å². The molecule has 1 unspecified atom stereocenters. The number of ether oxygens (including phenoxy) is 2. The van der Waals surface area contributed by atoms with Crippen molar-refractivity contribution in [2.45, 2.75) is 26.3 Å². The predicted molar refractivity (Wildman–Crippen MR) is 105 cm³/mol. The average Bonchev–Trinajstić information content (AvgIpc) is 3.05. The summed E-state index contributed by atoms with van der Waals surface area (Å²) in [5.41, 5.74) is 0.544. The fourth-order valence-electron chi connectivity index (χ4n) is 3.44. The Hall–Kier alpha value is -3.35. The van der Waals surface area contributed by atoms with Gasteiger partial charge < -0.3 is 19.2 Å². The van der Waals surface area contributed by atoms with Gasteiger partial charge in [0, 0.05) is 0 Å². The molecule has 4 rings (SSSR count). The Kier molecular flexibility index (Phi) is 4.96. The molecular weight excluding hydrogens is 377 g/mol. The second-order valence-electron chi connectivity index (χ2n) is 6.71. The summed E-state index contributed by atoms with van der Waals surface area (Å²) in [6, 6.07) is 8.19. The van der Waals surface area contributed by atoms with Crippen LogP contribution in [0, 0.1) is 5.82 Å². The number of hydrogen-bond donors (Lipinski definition) is 1. The quantitative estimate of drug-likeness (QED) is 0.681. The first-order valence-electron chi connectivity index (χ1n) is 9.50. The van der Waals surface area contributed by atoms with Gasteiger partial charge in [0.05, 0.1) is 30.2 Å². The smallest absolute Gasteiger partial charge is 0.288 e. The van der Waals surface area contributed by atoms with E-state index < -0.39 is 23.2 Å². The topological polar surface area (TPSA) is 77.8 Å². The number of carbonyl (C=O) groups is 1. The molecule has 0 radical (unpaired) electrons. The fourth-order valence-corrected chi connectivity index (χ4v) is 3.44. The van der Waals surface area contributed by atoms with Crippen LogP contribution < -0.4 is 20.2 Å². The van der Waals surface area contributed by atoms with E-state index in [1.54, 1.807) is 18.2 Å². The van der Waals surface area contributed by atoms with Gasteiger partial charge in [0.15, 0.2) is 16.9 Å². The lowest BCUT2D eigenvalue weighted by Gasteiger charge is -2.16. The van der Waals surface area contributed by atoms with Gasteiger partial charge in [-0.2, -0.15) is 0 Å². The summed E-state index contributed by atoms with van der Waals surface area (Å²) in [5.74, 6) is 0.0302. The van der Waals surface area contributed by atoms with Crippen LogP contribution in [0.25, 0.3) is 11.0 Å². The highest BCUT2D eigenvalue weighted by molar-refractivity contribution is 5.99. The summed E-state index contributed by atoms with van der Waals surface area (Å²) in [4.78, 5) is 25.5. The lowest BCUT2D eigenvalue weighted by molar-refractivity contribution is 0.0938. The SMILES string of the molecule is CCCOc1ccc(C2NC(=O)c3oc4ccc(F)cc4c(=O)c32)cc1OCC. The molecule has 0 aliphatic carbocycles. The molecular formula is C22H20FNO5. The number of nitrogens with one attached hydrogen (secondary N) is 1. The van der Waals surface area contributed by atoms with Gasteiger partial charge in [0.25, 0.3) is 5.91 Å². The molecule has 1 atom stereocenters. The molecule has 1 aliphatic rings. The second kappa shape index (κ2) is 7.58. The normalized spacial score (nSPS) is 15.3. The van der Waals surface area contributed by atoms with Crippen molar-refractivity contribution in [2.24, 2.45) is 0 Å². The highest BCUT2D eigenvalue weighted by atomic mass is 19.1. The molecule has 0 saturated heterocycles. The molecule has 0 saturated carbocycles. The minimum Gasteiger partial charge on any atom is -0.490 e. The van der Waals surface area contributed by atoms with Gasteiger partial charge in [-0.3, -0.25) is 9.59 Å². The van der Waals surface area contributed by atoms with E-state index in [0.29, 0.717) is 30.3 Å². The first-order valence-corrected chi connectivity index (χ1v) is 9.50. The summed E-state index contributed by atoms with van der Waals surface area (Å²) in [6.45, 7) is 4.85. The third-order valence-corrected chi connectivity index (χ3v) is 4.72. The highest BCUT2D eigenvalue weighted by Crippen LogP contribution is 2.36. The first-order chi connectivity index (χ1) is 14.0. The van der Waals surface area contributed by atoms with Gasteiger partial charge in [-0.05, 0) is 49.2 Å². The Morgan fingerprint density at radius 1 is 1.07 bits per heavy atom. The highest BCUT2D eigenvalue weighted by Gasteiger charge is 2.36. The first kappa shape index (κ1) is 19.0. The Bertz CT molecular complexity index is 1150. The lowest BCUT2D eigenvalue weighted by Crippen LogP contribution is -2.22. The summed E-state index contributed by atoms with van der Waals surface area (Å²) < 4.78 is 30.7. The zero-order valence-corrected chi connectivity index (χ0v) is 16.1. The van der Waals surface area contributed by atoms with Crippen LogP contribution in [0.4, 0.5) is 4.39 Å². The summed E-state index contributed by atoms with van der Waals surface area (Å²) in [6.07, 6.45) is 0.851. The molecule has 1 N–H and O–H groups in total. The van der Waals surface area contributed by atoms with Gasteiger partial charge in [0.1, 0.15) is 11.4 Å². The number of amides is 1. The molecule has 1 amide bonds. The van der Waals surface area contributed by atoms with E-state index in [4.69, 9.17) is 13.9 Å². The molecule has 7 heteroatoms. The van der Waals surface area contributed by atoms with Gasteiger partial charge in [-0.1, -0.05) is 13.0 Å². The Morgan fingerprint density at radius 3 is 2.66 bits per heavy atom. The fraction of sp³-hybridized carbons (Fsp3) is 0.273. The van der Waals surface area contributed by atoms with Gasteiger partial charge in [-0.15, -0.1) is 0 Å². The van der Waals surface area contributed by atoms with Crippen molar-refractivity contribution in [3.8, 4) is 11.5 Å². The molecule has 0 bridgehead atoms. The van der Waals surface area contributed by atoms with Crippen LogP contribution in [-0.2, 0) is 0 Å². The van der Waals surface area contributed by atoms with Crippen molar-refractivity contribution in [3.63, 3.8) is 0 Å². The van der Waals surface area contributed by atoms with E-state index in [1.807, 2.05) is 13.8 Å². The molecule has 1 aromatic heterocycles. The van der Waals surface area contributed by atoms with Crippen molar-refractivity contribution < 1.29 is 23.1 Å². The summed E-state index contributed by atoms with van der Waals surface area (Å²) in [7, 11) is 0. The largest absolute Gasteiger partial charge is 0.490 e. The number of benzene rings is 2. The number of hydrogen-bond acceptors (Lipinski definition) is 5. The van der Waals surface area contributed by atoms with E-state index >= 15 is 0 Å². The van der Waals surface area contributed by atoms with Gasteiger partial charge >= 0.3 is 0 Å². The van der Waals surface area contributed by atoms with Crippen LogP contribution in [-0.4, -0.2) is 19.1 Å². The Morgan fingerprint density at radius 2 is 1.90 bits per heavy atom. The average molecular weight is 397 g/mol. The van der Waals surface area contributed by atoms with Crippen LogP contribution in [0.2, 0.25) is 0 Å². The lowest BCUT2D eigenvalue weighted by atomic mass is 9.99. The Labute approximate surface area is 166 Å². The maximum atomic E-state index is 13.7. The zero-order valence-electron chi connectivity index (χ0n) is 16.1. The number of carbonyl (C=O) groups excluding carboxylic acids is 1. The van der Waals surface area contributed by atoms with E-state index in [1.165, 1.54) is 12.1 Å². The molecule has 3 aromatic rings. The van der Waals surface area contributed by atoms with Crippen LogP contribution in [0.3, 0.4) is 0 Å². The van der Waals surface area contributed by atoms with Crippen molar-refractivity contribution in [3.05, 3.63) is 69.3 Å². The monoisotopic (exact) mass is 397 g/mol. The van der Waals surface area contributed by atoms with E-state index in [-0.39, 0.29) is 22.3 Å². The molecule has 6 nitrogen and oxygen atoms in total. The number of rotatable bonds is 6. The van der Waals surface area contributed by atoms with Crippen molar-refractivity contribution in [1.29, 1.82) is 0 Å². The van der Waals surface area contributed by atoms with Crippen LogP contribution in [0.5, 0.6) is 11.5 Å². The van der Waals surface area contributed by atoms with Crippen LogP contribution in [0.15, 0.2) is 45.6 Å². The molecule has 150 valence electrons. The molecule has 1 aliphatic heterocycles. The molecule has 2 heterocycles. The van der Waals surface area contributed by atoms with Crippen molar-refractivity contribution in [2.75, 3.05) is 13.2 Å². The number of halogens is 1. The van der Waals surface area contributed by atoms with Crippen molar-refractivity contribution in [1.82, 2.24) is 5.32 Å². The third kappa shape index (κ3) is 3.33. The maximum Gasteiger partial charge on any atom is 0.288 e. The summed E-state index contributed by atoms with van der Waals surface area (Å²) >= 11 is 0. The second-order valence-corrected chi connectivity index (χ2v) is 6.71. The van der Waals surface area contributed by atoms with E-state index in [2.05, 4.69) is 5.32 Å². The minimum atomic E-state index is -0.721. The standard InChI is InChI=1S/C22H20FNO5/c1-3-9-28-16-7-5-12(10-17(16)27-4-2)19-18-20(25)14-11-13(23)6-8-15(14)29-21(18)22(26)24-19/h5-8,10-11,19H,3-4,9H2,1-2H3,(H,24,26). The third-order valence-electron chi connectivity index (χ3n) is 4.72. The maximum absolute atomic E-state index is 13.7. The van der Waals surface area contributed by atoms with E-state index in [0.717, 1.165) is 12.5 Å². The Balaban J connectivity index is 1.83.